The van der Waals surface area contributed by atoms with Crippen LogP contribution in [0.2, 0.25) is 0 Å². The number of imidazole rings is 1. The molecule has 1 aliphatic rings. The van der Waals surface area contributed by atoms with Crippen LogP contribution in [0.3, 0.4) is 0 Å². The third-order valence-electron chi connectivity index (χ3n) is 6.06. The van der Waals surface area contributed by atoms with Crippen LogP contribution < -0.4 is 11.3 Å². The molecule has 6 rings (SSSR count). The van der Waals surface area contributed by atoms with Crippen molar-refractivity contribution in [3.63, 3.8) is 0 Å². The molecule has 1 aliphatic carbocycles. The maximum atomic E-state index is 9.68. The molecule has 1 atom stereocenters. The Morgan fingerprint density at radius 2 is 1.97 bits per heavy atom. The quantitative estimate of drug-likeness (QED) is 0.351. The lowest BCUT2D eigenvalue weighted by atomic mass is 9.86. The molecule has 0 fully saturated rings. The molecule has 0 amide bonds. The summed E-state index contributed by atoms with van der Waals surface area (Å²) in [4.78, 5) is 13.5. The Morgan fingerprint density at radius 1 is 1.06 bits per heavy atom. The third kappa shape index (κ3) is 3.17. The zero-order chi connectivity index (χ0) is 22.5. The zero-order valence-electron chi connectivity index (χ0n) is 17.4. The summed E-state index contributed by atoms with van der Waals surface area (Å²) < 4.78 is 3.77. The smallest absolute Gasteiger partial charge is 0.422 e. The summed E-state index contributed by atoms with van der Waals surface area (Å²) in [6.07, 6.45) is 7.04. The highest BCUT2D eigenvalue weighted by Crippen LogP contribution is 2.37. The van der Waals surface area contributed by atoms with Gasteiger partial charge in [-0.25, -0.2) is 19.6 Å². The van der Waals surface area contributed by atoms with Crippen molar-refractivity contribution in [3.05, 3.63) is 72.2 Å². The van der Waals surface area contributed by atoms with Gasteiger partial charge in [0, 0.05) is 18.1 Å². The van der Waals surface area contributed by atoms with Crippen molar-refractivity contribution in [2.75, 3.05) is 5.73 Å². The van der Waals surface area contributed by atoms with E-state index in [-0.39, 0.29) is 11.6 Å². The van der Waals surface area contributed by atoms with Gasteiger partial charge in [-0.1, -0.05) is 11.3 Å². The van der Waals surface area contributed by atoms with Crippen molar-refractivity contribution in [1.29, 1.82) is 0 Å². The van der Waals surface area contributed by atoms with E-state index in [1.54, 1.807) is 30.6 Å². The molecular formula is C22H19BN8O2. The Kier molecular flexibility index (Phi) is 4.45. The minimum Gasteiger partial charge on any atom is -0.422 e. The van der Waals surface area contributed by atoms with Gasteiger partial charge in [0.1, 0.15) is 11.3 Å². The van der Waals surface area contributed by atoms with Crippen molar-refractivity contribution < 1.29 is 10.0 Å². The second kappa shape index (κ2) is 7.50. The van der Waals surface area contributed by atoms with Gasteiger partial charge in [-0.05, 0) is 60.4 Å². The Hall–Kier alpha value is -4.09. The summed E-state index contributed by atoms with van der Waals surface area (Å²) in [6.45, 7) is 0. The standard InChI is InChI=1S/C22H19BN8O2/c24-20-16(2-1-9-25-20)21-27-17-6-8-19(23(32)33)28-22(17)31(21)14-4-5-15-13(12-14)3-7-18(15)30-11-10-26-29-30/h1-2,4-6,8-12,18,32-33H,3,7H2,(H2,24,25)/t18-/m0/s1. The van der Waals surface area contributed by atoms with E-state index in [1.165, 1.54) is 11.1 Å². The maximum absolute atomic E-state index is 9.68. The molecule has 0 aliphatic heterocycles. The normalized spacial score (nSPS) is 15.2. The van der Waals surface area contributed by atoms with Crippen LogP contribution in [0.25, 0.3) is 28.2 Å². The van der Waals surface area contributed by atoms with E-state index in [0.29, 0.717) is 28.4 Å². The van der Waals surface area contributed by atoms with E-state index in [9.17, 15) is 10.0 Å². The van der Waals surface area contributed by atoms with Gasteiger partial charge in [-0.3, -0.25) is 4.57 Å². The van der Waals surface area contributed by atoms with Gasteiger partial charge in [0.2, 0.25) is 0 Å². The number of hydrogen-bond acceptors (Lipinski definition) is 8. The number of pyridine rings is 2. The summed E-state index contributed by atoms with van der Waals surface area (Å²) in [5.74, 6) is 0.933. The summed E-state index contributed by atoms with van der Waals surface area (Å²) in [7, 11) is -1.69. The molecule has 0 spiro atoms. The Bertz CT molecular complexity index is 1480. The fourth-order valence-electron chi connectivity index (χ4n) is 4.53. The molecule has 5 aromatic rings. The van der Waals surface area contributed by atoms with Crippen LogP contribution >= 0.6 is 0 Å². The van der Waals surface area contributed by atoms with Gasteiger partial charge in [0.05, 0.1) is 23.4 Å². The van der Waals surface area contributed by atoms with Gasteiger partial charge >= 0.3 is 7.12 Å². The molecule has 162 valence electrons. The Balaban J connectivity index is 1.56. The lowest BCUT2D eigenvalue weighted by Gasteiger charge is -2.14. The van der Waals surface area contributed by atoms with Gasteiger partial charge in [0.15, 0.2) is 11.5 Å². The minimum absolute atomic E-state index is 0.141. The number of nitrogen functional groups attached to an aromatic ring is 1. The zero-order valence-corrected chi connectivity index (χ0v) is 17.4. The number of nitrogens with two attached hydrogens (primary N) is 1. The van der Waals surface area contributed by atoms with Crippen LogP contribution in [0.1, 0.15) is 23.6 Å². The largest absolute Gasteiger partial charge is 0.508 e. The van der Waals surface area contributed by atoms with Crippen LogP contribution in [0, 0.1) is 0 Å². The molecule has 0 saturated heterocycles. The first-order valence-electron chi connectivity index (χ1n) is 10.6. The van der Waals surface area contributed by atoms with Crippen molar-refractivity contribution in [1.82, 2.24) is 34.5 Å². The van der Waals surface area contributed by atoms with E-state index in [1.807, 2.05) is 27.6 Å². The van der Waals surface area contributed by atoms with Gasteiger partial charge in [0.25, 0.3) is 0 Å². The maximum Gasteiger partial charge on any atom is 0.508 e. The first-order valence-corrected chi connectivity index (χ1v) is 10.6. The fraction of sp³-hybridized carbons (Fsp3) is 0.136. The van der Waals surface area contributed by atoms with E-state index in [4.69, 9.17) is 10.7 Å². The van der Waals surface area contributed by atoms with Gasteiger partial charge < -0.3 is 15.8 Å². The molecule has 0 bridgehead atoms. The van der Waals surface area contributed by atoms with E-state index < -0.39 is 7.12 Å². The first kappa shape index (κ1) is 19.6. The number of nitrogens with zero attached hydrogens (tertiary/aromatic N) is 7. The highest BCUT2D eigenvalue weighted by Gasteiger charge is 2.26. The van der Waals surface area contributed by atoms with Gasteiger partial charge in [-0.2, -0.15) is 0 Å². The molecule has 1 aromatic carbocycles. The van der Waals surface area contributed by atoms with Crippen molar-refractivity contribution in [3.8, 4) is 17.1 Å². The Labute approximate surface area is 188 Å². The van der Waals surface area contributed by atoms with Gasteiger partial charge in [-0.15, -0.1) is 5.10 Å². The molecule has 33 heavy (non-hydrogen) atoms. The summed E-state index contributed by atoms with van der Waals surface area (Å²) in [6, 6.07) is 13.3. The van der Waals surface area contributed by atoms with Crippen LogP contribution in [-0.2, 0) is 6.42 Å². The number of hydrogen-bond donors (Lipinski definition) is 3. The summed E-state index contributed by atoms with van der Waals surface area (Å²) in [5.41, 5.74) is 11.4. The monoisotopic (exact) mass is 438 g/mol. The molecular weight excluding hydrogens is 419 g/mol. The predicted octanol–water partition coefficient (Wildman–Crippen LogP) is 0.872. The molecule has 0 saturated carbocycles. The lowest BCUT2D eigenvalue weighted by Crippen LogP contribution is -2.32. The number of rotatable bonds is 4. The fourth-order valence-corrected chi connectivity index (χ4v) is 4.53. The molecule has 4 N–H and O–H groups in total. The van der Waals surface area contributed by atoms with E-state index in [0.717, 1.165) is 18.5 Å². The van der Waals surface area contributed by atoms with E-state index in [2.05, 4.69) is 32.4 Å². The average Bonchev–Trinajstić information content (AvgIpc) is 3.56. The van der Waals surface area contributed by atoms with Crippen molar-refractivity contribution in [2.24, 2.45) is 0 Å². The molecule has 0 radical (unpaired) electrons. The second-order valence-electron chi connectivity index (χ2n) is 7.98. The Morgan fingerprint density at radius 3 is 2.76 bits per heavy atom. The number of benzene rings is 1. The second-order valence-corrected chi connectivity index (χ2v) is 7.98. The van der Waals surface area contributed by atoms with Crippen molar-refractivity contribution >= 4 is 29.7 Å². The lowest BCUT2D eigenvalue weighted by molar-refractivity contribution is 0.424. The molecule has 4 aromatic heterocycles. The van der Waals surface area contributed by atoms with Crippen LogP contribution in [-0.4, -0.2) is 51.7 Å². The first-order chi connectivity index (χ1) is 16.1. The van der Waals surface area contributed by atoms with Crippen LogP contribution in [0.15, 0.2) is 61.1 Å². The highest BCUT2D eigenvalue weighted by atomic mass is 16.4. The molecule has 0 unspecified atom stereocenters. The average molecular weight is 438 g/mol. The number of aromatic nitrogens is 7. The summed E-state index contributed by atoms with van der Waals surface area (Å²) in [5, 5.41) is 27.5. The number of anilines is 1. The molecule has 11 heteroatoms. The molecule has 4 heterocycles. The minimum atomic E-state index is -1.69. The van der Waals surface area contributed by atoms with Crippen molar-refractivity contribution in [2.45, 2.75) is 18.9 Å². The topological polar surface area (TPSA) is 141 Å². The predicted molar refractivity (Wildman–Crippen MR) is 123 cm³/mol. The van der Waals surface area contributed by atoms with Crippen LogP contribution in [0.4, 0.5) is 5.82 Å². The third-order valence-corrected chi connectivity index (χ3v) is 6.06. The summed E-state index contributed by atoms with van der Waals surface area (Å²) >= 11 is 0. The van der Waals surface area contributed by atoms with Crippen LogP contribution in [0.5, 0.6) is 0 Å². The number of fused-ring (bicyclic) bond motifs is 2. The SMILES string of the molecule is Nc1ncccc1-c1nc2ccc(B(O)O)nc2n1-c1ccc2c(c1)CC[C@@H]2n1ccnn1. The highest BCUT2D eigenvalue weighted by molar-refractivity contribution is 6.57. The number of aryl methyl sites for hydroxylation is 1. The molecule has 10 nitrogen and oxygen atoms in total. The van der Waals surface area contributed by atoms with E-state index >= 15 is 0 Å².